The summed E-state index contributed by atoms with van der Waals surface area (Å²) in [5, 5.41) is 3.25. The fraction of sp³-hybridized carbons (Fsp3) is 0.174. The Bertz CT molecular complexity index is 981. The predicted molar refractivity (Wildman–Crippen MR) is 118 cm³/mol. The standard InChI is InChI=1S/C23H22BrN3/c1-25-14-7-15-27-21-12-4-2-10-19(21)23(17-8-6-9-18(24)16-17)26-20-11-3-5-13-22(20)27/h2-6,8-13,16,25H,7,14-15H2,1H3. The minimum absolute atomic E-state index is 0.941. The number of hydrogen-bond acceptors (Lipinski definition) is 3. The molecule has 1 aliphatic rings. The Labute approximate surface area is 168 Å². The maximum atomic E-state index is 5.11. The molecule has 0 unspecified atom stereocenters. The highest BCUT2D eigenvalue weighted by molar-refractivity contribution is 9.10. The van der Waals surface area contributed by atoms with Gasteiger partial charge >= 0.3 is 0 Å². The number of para-hydroxylation sites is 3. The van der Waals surface area contributed by atoms with Gasteiger partial charge in [-0.2, -0.15) is 0 Å². The Hall–Kier alpha value is -2.43. The number of fused-ring (bicyclic) bond motifs is 2. The Kier molecular flexibility index (Phi) is 5.37. The quantitative estimate of drug-likeness (QED) is 0.538. The lowest BCUT2D eigenvalue weighted by atomic mass is 10.00. The second kappa shape index (κ2) is 8.07. The van der Waals surface area contributed by atoms with Crippen LogP contribution in [0.5, 0.6) is 0 Å². The van der Waals surface area contributed by atoms with E-state index in [9.17, 15) is 0 Å². The monoisotopic (exact) mass is 419 g/mol. The van der Waals surface area contributed by atoms with Crippen molar-refractivity contribution >= 4 is 38.7 Å². The molecule has 0 bridgehead atoms. The minimum atomic E-state index is 0.941. The zero-order valence-electron chi connectivity index (χ0n) is 15.3. The van der Waals surface area contributed by atoms with E-state index in [1.54, 1.807) is 0 Å². The first-order valence-electron chi connectivity index (χ1n) is 9.23. The van der Waals surface area contributed by atoms with E-state index in [2.05, 4.69) is 92.9 Å². The molecule has 4 rings (SSSR count). The summed E-state index contributed by atoms with van der Waals surface area (Å²) in [6.07, 6.45) is 1.06. The van der Waals surface area contributed by atoms with Gasteiger partial charge in [0, 0.05) is 22.1 Å². The summed E-state index contributed by atoms with van der Waals surface area (Å²) in [5.41, 5.74) is 6.66. The topological polar surface area (TPSA) is 27.6 Å². The molecule has 0 saturated carbocycles. The lowest BCUT2D eigenvalue weighted by Crippen LogP contribution is -2.23. The molecule has 1 N–H and O–H groups in total. The van der Waals surface area contributed by atoms with Crippen molar-refractivity contribution in [3.63, 3.8) is 0 Å². The fourth-order valence-corrected chi connectivity index (χ4v) is 3.92. The molecule has 4 heteroatoms. The maximum Gasteiger partial charge on any atom is 0.0874 e. The van der Waals surface area contributed by atoms with Crippen molar-refractivity contribution in [2.24, 2.45) is 4.99 Å². The van der Waals surface area contributed by atoms with Crippen molar-refractivity contribution in [2.75, 3.05) is 25.0 Å². The van der Waals surface area contributed by atoms with Crippen LogP contribution in [0.25, 0.3) is 0 Å². The van der Waals surface area contributed by atoms with Crippen molar-refractivity contribution in [1.82, 2.24) is 5.32 Å². The van der Waals surface area contributed by atoms with Crippen LogP contribution in [0.2, 0.25) is 0 Å². The molecule has 0 atom stereocenters. The molecular formula is C23H22BrN3. The third-order valence-electron chi connectivity index (χ3n) is 4.76. The Morgan fingerprint density at radius 1 is 0.926 bits per heavy atom. The van der Waals surface area contributed by atoms with Gasteiger partial charge < -0.3 is 10.2 Å². The van der Waals surface area contributed by atoms with Crippen LogP contribution in [0.3, 0.4) is 0 Å². The molecule has 1 aliphatic heterocycles. The highest BCUT2D eigenvalue weighted by Crippen LogP contribution is 2.40. The predicted octanol–water partition coefficient (Wildman–Crippen LogP) is 5.68. The van der Waals surface area contributed by atoms with Gasteiger partial charge in [0.2, 0.25) is 0 Å². The average Bonchev–Trinajstić information content (AvgIpc) is 2.83. The molecule has 0 saturated heterocycles. The first kappa shape index (κ1) is 18.0. The minimum Gasteiger partial charge on any atom is -0.339 e. The highest BCUT2D eigenvalue weighted by Gasteiger charge is 2.23. The molecule has 3 nitrogen and oxygen atoms in total. The van der Waals surface area contributed by atoms with Crippen molar-refractivity contribution in [2.45, 2.75) is 6.42 Å². The Balaban J connectivity index is 1.91. The van der Waals surface area contributed by atoms with Crippen molar-refractivity contribution in [3.8, 4) is 0 Å². The summed E-state index contributed by atoms with van der Waals surface area (Å²) in [6, 6.07) is 25.4. The zero-order valence-corrected chi connectivity index (χ0v) is 16.9. The van der Waals surface area contributed by atoms with Gasteiger partial charge in [-0.3, -0.25) is 0 Å². The van der Waals surface area contributed by atoms with Gasteiger partial charge in [-0.1, -0.05) is 58.4 Å². The second-order valence-electron chi connectivity index (χ2n) is 6.59. The molecule has 0 spiro atoms. The van der Waals surface area contributed by atoms with E-state index in [0.29, 0.717) is 0 Å². The number of nitrogens with zero attached hydrogens (tertiary/aromatic N) is 2. The summed E-state index contributed by atoms with van der Waals surface area (Å²) in [4.78, 5) is 7.51. The summed E-state index contributed by atoms with van der Waals surface area (Å²) in [7, 11) is 2.00. The Morgan fingerprint density at radius 2 is 1.70 bits per heavy atom. The van der Waals surface area contributed by atoms with Crippen molar-refractivity contribution < 1.29 is 0 Å². The SMILES string of the molecule is CNCCCN1c2ccccc2N=C(c2cccc(Br)c2)c2ccccc21. The number of benzene rings is 3. The van der Waals surface area contributed by atoms with Gasteiger partial charge in [-0.05, 0) is 50.3 Å². The average molecular weight is 420 g/mol. The van der Waals surface area contributed by atoms with Gasteiger partial charge in [0.25, 0.3) is 0 Å². The number of rotatable bonds is 5. The highest BCUT2D eigenvalue weighted by atomic mass is 79.9. The van der Waals surface area contributed by atoms with E-state index in [1.165, 1.54) is 5.69 Å². The number of anilines is 2. The smallest absolute Gasteiger partial charge is 0.0874 e. The molecular weight excluding hydrogens is 398 g/mol. The second-order valence-corrected chi connectivity index (χ2v) is 7.50. The van der Waals surface area contributed by atoms with Gasteiger partial charge in [0.05, 0.1) is 22.8 Å². The maximum absolute atomic E-state index is 5.11. The Morgan fingerprint density at radius 3 is 2.52 bits per heavy atom. The number of hydrogen-bond donors (Lipinski definition) is 1. The summed E-state index contributed by atoms with van der Waals surface area (Å²) < 4.78 is 1.06. The summed E-state index contributed by atoms with van der Waals surface area (Å²) >= 11 is 3.60. The van der Waals surface area contributed by atoms with E-state index in [0.717, 1.165) is 52.2 Å². The normalized spacial score (nSPS) is 12.8. The van der Waals surface area contributed by atoms with Crippen LogP contribution in [0, 0.1) is 0 Å². The number of halogens is 1. The molecule has 1 heterocycles. The fourth-order valence-electron chi connectivity index (χ4n) is 3.52. The molecule has 3 aromatic rings. The van der Waals surface area contributed by atoms with Crippen LogP contribution in [-0.2, 0) is 0 Å². The van der Waals surface area contributed by atoms with Crippen LogP contribution in [-0.4, -0.2) is 25.8 Å². The lowest BCUT2D eigenvalue weighted by Gasteiger charge is -2.26. The molecule has 0 amide bonds. The van der Waals surface area contributed by atoms with Crippen LogP contribution < -0.4 is 10.2 Å². The van der Waals surface area contributed by atoms with Crippen molar-refractivity contribution in [3.05, 3.63) is 88.4 Å². The molecule has 0 aliphatic carbocycles. The summed E-state index contributed by atoms with van der Waals surface area (Å²) in [6.45, 7) is 1.93. The molecule has 0 aromatic heterocycles. The molecule has 136 valence electrons. The first-order chi connectivity index (χ1) is 13.3. The van der Waals surface area contributed by atoms with Crippen LogP contribution in [0.4, 0.5) is 17.1 Å². The van der Waals surface area contributed by atoms with E-state index < -0.39 is 0 Å². The van der Waals surface area contributed by atoms with E-state index >= 15 is 0 Å². The van der Waals surface area contributed by atoms with Crippen LogP contribution >= 0.6 is 15.9 Å². The number of nitrogens with one attached hydrogen (secondary N) is 1. The van der Waals surface area contributed by atoms with Crippen molar-refractivity contribution in [1.29, 1.82) is 0 Å². The first-order valence-corrected chi connectivity index (χ1v) is 10.0. The van der Waals surface area contributed by atoms with Gasteiger partial charge in [-0.25, -0.2) is 4.99 Å². The molecule has 27 heavy (non-hydrogen) atoms. The van der Waals surface area contributed by atoms with Gasteiger partial charge in [-0.15, -0.1) is 0 Å². The lowest BCUT2D eigenvalue weighted by molar-refractivity contribution is 0.723. The zero-order chi connectivity index (χ0) is 18.6. The van der Waals surface area contributed by atoms with E-state index in [-0.39, 0.29) is 0 Å². The van der Waals surface area contributed by atoms with E-state index in [1.807, 2.05) is 13.1 Å². The van der Waals surface area contributed by atoms with Crippen LogP contribution in [0.1, 0.15) is 17.5 Å². The van der Waals surface area contributed by atoms with Gasteiger partial charge in [0.15, 0.2) is 0 Å². The molecule has 0 radical (unpaired) electrons. The number of aliphatic imine (C=N–C) groups is 1. The molecule has 3 aromatic carbocycles. The largest absolute Gasteiger partial charge is 0.339 e. The van der Waals surface area contributed by atoms with Crippen LogP contribution in [0.15, 0.2) is 82.3 Å². The summed E-state index contributed by atoms with van der Waals surface area (Å²) in [5.74, 6) is 0. The van der Waals surface area contributed by atoms with Gasteiger partial charge in [0.1, 0.15) is 0 Å². The third kappa shape index (κ3) is 3.68. The molecule has 0 fully saturated rings. The van der Waals surface area contributed by atoms with E-state index in [4.69, 9.17) is 4.99 Å². The third-order valence-corrected chi connectivity index (χ3v) is 5.25.